The van der Waals surface area contributed by atoms with E-state index in [4.69, 9.17) is 0 Å². The monoisotopic (exact) mass is 218 g/mol. The number of pyridine rings is 1. The lowest BCUT2D eigenvalue weighted by molar-refractivity contribution is 0.587. The van der Waals surface area contributed by atoms with Crippen molar-refractivity contribution in [1.29, 1.82) is 0 Å². The van der Waals surface area contributed by atoms with Crippen LogP contribution in [0.4, 0.5) is 5.82 Å². The SMILES string of the molecule is CC(Nc1ccc(C(C)(C)C)cn1)C1CC1. The maximum atomic E-state index is 4.48. The zero-order valence-electron chi connectivity index (χ0n) is 10.7. The van der Waals surface area contributed by atoms with Crippen LogP contribution in [0.1, 0.15) is 46.1 Å². The first-order valence-electron chi connectivity index (χ1n) is 6.20. The Morgan fingerprint density at radius 1 is 1.31 bits per heavy atom. The van der Waals surface area contributed by atoms with Crippen molar-refractivity contribution in [3.8, 4) is 0 Å². The summed E-state index contributed by atoms with van der Waals surface area (Å²) in [5, 5.41) is 3.47. The van der Waals surface area contributed by atoms with Crippen LogP contribution < -0.4 is 5.32 Å². The highest BCUT2D eigenvalue weighted by Crippen LogP contribution is 2.33. The molecule has 1 aromatic heterocycles. The van der Waals surface area contributed by atoms with E-state index in [0.717, 1.165) is 11.7 Å². The van der Waals surface area contributed by atoms with E-state index >= 15 is 0 Å². The summed E-state index contributed by atoms with van der Waals surface area (Å²) in [4.78, 5) is 4.48. The Labute approximate surface area is 98.5 Å². The van der Waals surface area contributed by atoms with Gasteiger partial charge >= 0.3 is 0 Å². The van der Waals surface area contributed by atoms with Crippen molar-refractivity contribution >= 4 is 5.82 Å². The summed E-state index contributed by atoms with van der Waals surface area (Å²) >= 11 is 0. The molecule has 1 atom stereocenters. The molecule has 1 N–H and O–H groups in total. The molecule has 2 nitrogen and oxygen atoms in total. The molecule has 0 radical (unpaired) electrons. The van der Waals surface area contributed by atoms with E-state index in [1.54, 1.807) is 0 Å². The predicted molar refractivity (Wildman–Crippen MR) is 68.7 cm³/mol. The predicted octanol–water partition coefficient (Wildman–Crippen LogP) is 3.59. The van der Waals surface area contributed by atoms with Gasteiger partial charge < -0.3 is 5.32 Å². The molecule has 16 heavy (non-hydrogen) atoms. The Balaban J connectivity index is 2.01. The molecule has 88 valence electrons. The molecule has 0 saturated heterocycles. The van der Waals surface area contributed by atoms with E-state index in [-0.39, 0.29) is 5.41 Å². The van der Waals surface area contributed by atoms with Crippen LogP contribution in [-0.4, -0.2) is 11.0 Å². The molecule has 0 amide bonds. The Kier molecular flexibility index (Phi) is 2.92. The van der Waals surface area contributed by atoms with Gasteiger partial charge in [0.25, 0.3) is 0 Å². The molecule has 1 aliphatic rings. The van der Waals surface area contributed by atoms with Crippen molar-refractivity contribution in [2.45, 2.75) is 52.0 Å². The number of hydrogen-bond donors (Lipinski definition) is 1. The minimum atomic E-state index is 0.188. The molecule has 1 fully saturated rings. The average Bonchev–Trinajstić information content (AvgIpc) is 3.00. The maximum Gasteiger partial charge on any atom is 0.126 e. The van der Waals surface area contributed by atoms with Gasteiger partial charge in [-0.3, -0.25) is 0 Å². The second-order valence-electron chi connectivity index (χ2n) is 5.95. The highest BCUT2D eigenvalue weighted by atomic mass is 15.0. The van der Waals surface area contributed by atoms with Gasteiger partial charge in [-0.2, -0.15) is 0 Å². The number of anilines is 1. The van der Waals surface area contributed by atoms with E-state index in [1.807, 2.05) is 6.20 Å². The van der Waals surface area contributed by atoms with Gasteiger partial charge in [0, 0.05) is 12.2 Å². The van der Waals surface area contributed by atoms with Crippen molar-refractivity contribution in [2.24, 2.45) is 5.92 Å². The standard InChI is InChI=1S/C14H22N2/c1-10(11-5-6-11)16-13-8-7-12(9-15-13)14(2,3)4/h7-11H,5-6H2,1-4H3,(H,15,16). The molecular formula is C14H22N2. The van der Waals surface area contributed by atoms with Gasteiger partial charge in [-0.1, -0.05) is 26.8 Å². The van der Waals surface area contributed by atoms with Gasteiger partial charge in [-0.05, 0) is 42.7 Å². The van der Waals surface area contributed by atoms with Crippen LogP contribution in [0.2, 0.25) is 0 Å². The molecule has 1 unspecified atom stereocenters. The first-order chi connectivity index (χ1) is 7.47. The Morgan fingerprint density at radius 2 is 2.00 bits per heavy atom. The number of rotatable bonds is 3. The Morgan fingerprint density at radius 3 is 2.44 bits per heavy atom. The number of aromatic nitrogens is 1. The smallest absolute Gasteiger partial charge is 0.126 e. The van der Waals surface area contributed by atoms with Gasteiger partial charge in [0.1, 0.15) is 5.82 Å². The number of hydrogen-bond acceptors (Lipinski definition) is 2. The summed E-state index contributed by atoms with van der Waals surface area (Å²) in [7, 11) is 0. The zero-order chi connectivity index (χ0) is 11.8. The minimum absolute atomic E-state index is 0.188. The highest BCUT2D eigenvalue weighted by molar-refractivity contribution is 5.38. The first kappa shape index (κ1) is 11.4. The summed E-state index contributed by atoms with van der Waals surface area (Å²) < 4.78 is 0. The van der Waals surface area contributed by atoms with Gasteiger partial charge in [0.15, 0.2) is 0 Å². The molecule has 1 aromatic rings. The van der Waals surface area contributed by atoms with Crippen LogP contribution in [-0.2, 0) is 5.41 Å². The van der Waals surface area contributed by atoms with E-state index in [0.29, 0.717) is 6.04 Å². The number of nitrogens with zero attached hydrogens (tertiary/aromatic N) is 1. The Hall–Kier alpha value is -1.05. The van der Waals surface area contributed by atoms with Crippen LogP contribution in [0, 0.1) is 5.92 Å². The molecule has 1 aliphatic carbocycles. The van der Waals surface area contributed by atoms with Crippen LogP contribution in [0.15, 0.2) is 18.3 Å². The van der Waals surface area contributed by atoms with Crippen LogP contribution in [0.5, 0.6) is 0 Å². The summed E-state index contributed by atoms with van der Waals surface area (Å²) in [5.74, 6) is 1.87. The molecule has 2 heteroatoms. The Bertz CT molecular complexity index is 344. The summed E-state index contributed by atoms with van der Waals surface area (Å²) in [6.07, 6.45) is 4.73. The van der Waals surface area contributed by atoms with Crippen molar-refractivity contribution < 1.29 is 0 Å². The fraction of sp³-hybridized carbons (Fsp3) is 0.643. The molecule has 1 heterocycles. The lowest BCUT2D eigenvalue weighted by Crippen LogP contribution is -2.18. The third-order valence-corrected chi connectivity index (χ3v) is 3.33. The normalized spacial score (nSPS) is 18.2. The second kappa shape index (κ2) is 4.08. The fourth-order valence-electron chi connectivity index (χ4n) is 1.87. The van der Waals surface area contributed by atoms with Crippen LogP contribution in [0.25, 0.3) is 0 Å². The topological polar surface area (TPSA) is 24.9 Å². The first-order valence-corrected chi connectivity index (χ1v) is 6.20. The third-order valence-electron chi connectivity index (χ3n) is 3.33. The van der Waals surface area contributed by atoms with E-state index in [9.17, 15) is 0 Å². The van der Waals surface area contributed by atoms with Gasteiger partial charge in [-0.15, -0.1) is 0 Å². The van der Waals surface area contributed by atoms with E-state index < -0.39 is 0 Å². The van der Waals surface area contributed by atoms with Crippen molar-refractivity contribution in [3.05, 3.63) is 23.9 Å². The van der Waals surface area contributed by atoms with E-state index in [1.165, 1.54) is 18.4 Å². The minimum Gasteiger partial charge on any atom is -0.367 e. The lowest BCUT2D eigenvalue weighted by Gasteiger charge is -2.19. The van der Waals surface area contributed by atoms with Gasteiger partial charge in [0.2, 0.25) is 0 Å². The van der Waals surface area contributed by atoms with Crippen LogP contribution >= 0.6 is 0 Å². The summed E-state index contributed by atoms with van der Waals surface area (Å²) in [6.45, 7) is 8.88. The fourth-order valence-corrected chi connectivity index (χ4v) is 1.87. The summed E-state index contributed by atoms with van der Waals surface area (Å²) in [5.41, 5.74) is 1.48. The van der Waals surface area contributed by atoms with Gasteiger partial charge in [-0.25, -0.2) is 4.98 Å². The van der Waals surface area contributed by atoms with Crippen LogP contribution in [0.3, 0.4) is 0 Å². The average molecular weight is 218 g/mol. The lowest BCUT2D eigenvalue weighted by atomic mass is 9.88. The quantitative estimate of drug-likeness (QED) is 0.838. The largest absolute Gasteiger partial charge is 0.367 e. The highest BCUT2D eigenvalue weighted by Gasteiger charge is 2.27. The van der Waals surface area contributed by atoms with Crippen molar-refractivity contribution in [1.82, 2.24) is 4.98 Å². The van der Waals surface area contributed by atoms with Gasteiger partial charge in [0.05, 0.1) is 0 Å². The second-order valence-corrected chi connectivity index (χ2v) is 5.95. The molecule has 0 spiro atoms. The molecule has 2 rings (SSSR count). The summed E-state index contributed by atoms with van der Waals surface area (Å²) in [6, 6.07) is 4.84. The molecule has 0 bridgehead atoms. The molecule has 0 aliphatic heterocycles. The third kappa shape index (κ3) is 2.75. The van der Waals surface area contributed by atoms with Crippen molar-refractivity contribution in [2.75, 3.05) is 5.32 Å². The molecular weight excluding hydrogens is 196 g/mol. The van der Waals surface area contributed by atoms with E-state index in [2.05, 4.69) is 50.1 Å². The maximum absolute atomic E-state index is 4.48. The zero-order valence-corrected chi connectivity index (χ0v) is 10.7. The molecule has 0 aromatic carbocycles. The van der Waals surface area contributed by atoms with Crippen molar-refractivity contribution in [3.63, 3.8) is 0 Å². The number of nitrogens with one attached hydrogen (secondary N) is 1. The molecule has 1 saturated carbocycles.